The molecular weight excluding hydrogens is 180 g/mol. The van der Waals surface area contributed by atoms with Crippen molar-refractivity contribution in [2.75, 3.05) is 17.7 Å². The fourth-order valence-corrected chi connectivity index (χ4v) is 1.79. The van der Waals surface area contributed by atoms with Gasteiger partial charge in [-0.1, -0.05) is 0 Å². The van der Waals surface area contributed by atoms with E-state index in [9.17, 15) is 9.90 Å². The molecule has 2 rings (SSSR count). The quantitative estimate of drug-likeness (QED) is 0.586. The smallest absolute Gasteiger partial charge is 0.263 e. The number of fused-ring (bicyclic) bond motifs is 1. The Hall–Kier alpha value is -1.55. The van der Waals surface area contributed by atoms with Gasteiger partial charge in [0.15, 0.2) is 5.60 Å². The van der Waals surface area contributed by atoms with Crippen LogP contribution in [0.1, 0.15) is 12.5 Å². The highest BCUT2D eigenvalue weighted by atomic mass is 16.3. The molecule has 1 atom stereocenters. The van der Waals surface area contributed by atoms with Gasteiger partial charge in [0.05, 0.1) is 5.69 Å². The molecule has 14 heavy (non-hydrogen) atoms. The molecule has 0 saturated heterocycles. The Kier molecular flexibility index (Phi) is 1.60. The summed E-state index contributed by atoms with van der Waals surface area (Å²) in [4.78, 5) is 13.1. The maximum atomic E-state index is 11.6. The van der Waals surface area contributed by atoms with Crippen LogP contribution in [0.3, 0.4) is 0 Å². The number of likely N-dealkylation sites (N-methyl/N-ethyl adjacent to an activating group) is 1. The predicted octanol–water partition coefficient (Wildman–Crippen LogP) is 0.453. The highest BCUT2D eigenvalue weighted by Crippen LogP contribution is 2.39. The predicted molar refractivity (Wildman–Crippen MR) is 53.8 cm³/mol. The van der Waals surface area contributed by atoms with Crippen LogP contribution in [-0.4, -0.2) is 18.1 Å². The molecule has 1 aromatic carbocycles. The van der Waals surface area contributed by atoms with Crippen molar-refractivity contribution >= 4 is 17.3 Å². The number of carbonyl (C=O) groups excluding carboxylic acids is 1. The zero-order valence-electron chi connectivity index (χ0n) is 8.11. The van der Waals surface area contributed by atoms with Crippen LogP contribution >= 0.6 is 0 Å². The maximum absolute atomic E-state index is 11.6. The summed E-state index contributed by atoms with van der Waals surface area (Å²) in [6, 6.07) is 5.09. The van der Waals surface area contributed by atoms with E-state index in [0.29, 0.717) is 16.9 Å². The second kappa shape index (κ2) is 2.48. The zero-order valence-corrected chi connectivity index (χ0v) is 8.11. The molecular formula is C10H12N2O2. The minimum atomic E-state index is -1.44. The third-order valence-corrected chi connectivity index (χ3v) is 2.63. The molecule has 0 aliphatic carbocycles. The number of nitrogen functional groups attached to an aromatic ring is 1. The van der Waals surface area contributed by atoms with Crippen LogP contribution in [-0.2, 0) is 10.4 Å². The first-order chi connectivity index (χ1) is 6.44. The van der Waals surface area contributed by atoms with Crippen LogP contribution in [0.4, 0.5) is 11.4 Å². The van der Waals surface area contributed by atoms with Crippen LogP contribution in [0, 0.1) is 0 Å². The van der Waals surface area contributed by atoms with Crippen molar-refractivity contribution in [3.8, 4) is 0 Å². The Labute approximate surface area is 81.9 Å². The molecule has 1 heterocycles. The van der Waals surface area contributed by atoms with Crippen molar-refractivity contribution in [3.63, 3.8) is 0 Å². The van der Waals surface area contributed by atoms with Gasteiger partial charge in [0.2, 0.25) is 0 Å². The van der Waals surface area contributed by atoms with Crippen molar-refractivity contribution in [1.82, 2.24) is 0 Å². The van der Waals surface area contributed by atoms with Gasteiger partial charge >= 0.3 is 0 Å². The Morgan fingerprint density at radius 2 is 2.14 bits per heavy atom. The van der Waals surface area contributed by atoms with E-state index in [1.165, 1.54) is 11.8 Å². The molecule has 0 saturated carbocycles. The minimum Gasteiger partial charge on any atom is -0.399 e. The van der Waals surface area contributed by atoms with Crippen LogP contribution in [0.25, 0.3) is 0 Å². The molecule has 0 radical (unpaired) electrons. The molecule has 0 bridgehead atoms. The van der Waals surface area contributed by atoms with Gasteiger partial charge in [-0.05, 0) is 25.1 Å². The second-order valence-electron chi connectivity index (χ2n) is 3.71. The SMILES string of the molecule is CN1C(=O)[C@](C)(O)c2cc(N)ccc21. The molecule has 0 unspecified atom stereocenters. The lowest BCUT2D eigenvalue weighted by Gasteiger charge is -2.15. The number of carbonyl (C=O) groups is 1. The molecule has 1 aromatic rings. The summed E-state index contributed by atoms with van der Waals surface area (Å²) in [5.74, 6) is -0.321. The zero-order chi connectivity index (χ0) is 10.5. The standard InChI is InChI=1S/C10H12N2O2/c1-10(14)7-5-6(11)3-4-8(7)12(2)9(10)13/h3-5,14H,11H2,1-2H3/t10-/m1/s1. The summed E-state index contributed by atoms with van der Waals surface area (Å²) in [6.07, 6.45) is 0. The number of amides is 1. The molecule has 0 fully saturated rings. The Balaban J connectivity index is 2.69. The third kappa shape index (κ3) is 0.943. The molecule has 4 nitrogen and oxygen atoms in total. The molecule has 1 aliphatic rings. The fraction of sp³-hybridized carbons (Fsp3) is 0.300. The van der Waals surface area contributed by atoms with Gasteiger partial charge in [0.25, 0.3) is 5.91 Å². The first kappa shape index (κ1) is 9.02. The number of anilines is 2. The normalized spacial score (nSPS) is 25.4. The monoisotopic (exact) mass is 192 g/mol. The van der Waals surface area contributed by atoms with Gasteiger partial charge in [-0.15, -0.1) is 0 Å². The Bertz CT molecular complexity index is 413. The van der Waals surface area contributed by atoms with E-state index in [4.69, 9.17) is 5.73 Å². The van der Waals surface area contributed by atoms with Crippen LogP contribution < -0.4 is 10.6 Å². The van der Waals surface area contributed by atoms with E-state index in [1.807, 2.05) is 0 Å². The van der Waals surface area contributed by atoms with E-state index in [2.05, 4.69) is 0 Å². The molecule has 3 N–H and O–H groups in total. The number of aliphatic hydroxyl groups is 1. The van der Waals surface area contributed by atoms with E-state index in [0.717, 1.165) is 0 Å². The molecule has 0 aromatic heterocycles. The highest BCUT2D eigenvalue weighted by Gasteiger charge is 2.44. The van der Waals surface area contributed by atoms with Gasteiger partial charge in [0, 0.05) is 18.3 Å². The first-order valence-corrected chi connectivity index (χ1v) is 4.35. The van der Waals surface area contributed by atoms with Crippen molar-refractivity contribution in [2.45, 2.75) is 12.5 Å². The van der Waals surface area contributed by atoms with Crippen molar-refractivity contribution in [2.24, 2.45) is 0 Å². The Morgan fingerprint density at radius 3 is 2.79 bits per heavy atom. The van der Waals surface area contributed by atoms with Gasteiger partial charge in [-0.2, -0.15) is 0 Å². The summed E-state index contributed by atoms with van der Waals surface area (Å²) < 4.78 is 0. The minimum absolute atomic E-state index is 0.321. The van der Waals surface area contributed by atoms with Crippen molar-refractivity contribution in [1.29, 1.82) is 0 Å². The second-order valence-corrected chi connectivity index (χ2v) is 3.71. The number of nitrogens with two attached hydrogens (primary N) is 1. The summed E-state index contributed by atoms with van der Waals surface area (Å²) in [7, 11) is 1.64. The average molecular weight is 192 g/mol. The maximum Gasteiger partial charge on any atom is 0.263 e. The number of hydrogen-bond acceptors (Lipinski definition) is 3. The average Bonchev–Trinajstić information content (AvgIpc) is 2.29. The molecule has 1 amide bonds. The third-order valence-electron chi connectivity index (χ3n) is 2.63. The van der Waals surface area contributed by atoms with Gasteiger partial charge in [0.1, 0.15) is 0 Å². The number of hydrogen-bond donors (Lipinski definition) is 2. The van der Waals surface area contributed by atoms with E-state index < -0.39 is 5.60 Å². The highest BCUT2D eigenvalue weighted by molar-refractivity contribution is 6.06. The number of rotatable bonds is 0. The summed E-state index contributed by atoms with van der Waals surface area (Å²) in [5.41, 5.74) is 6.00. The van der Waals surface area contributed by atoms with E-state index in [1.54, 1.807) is 25.2 Å². The van der Waals surface area contributed by atoms with E-state index >= 15 is 0 Å². The number of nitrogens with zero attached hydrogens (tertiary/aromatic N) is 1. The Morgan fingerprint density at radius 1 is 1.50 bits per heavy atom. The van der Waals surface area contributed by atoms with E-state index in [-0.39, 0.29) is 5.91 Å². The molecule has 1 aliphatic heterocycles. The van der Waals surface area contributed by atoms with Crippen molar-refractivity contribution < 1.29 is 9.90 Å². The summed E-state index contributed by atoms with van der Waals surface area (Å²) in [5, 5.41) is 9.96. The van der Waals surface area contributed by atoms with Gasteiger partial charge in [-0.25, -0.2) is 0 Å². The van der Waals surface area contributed by atoms with Crippen LogP contribution in [0.15, 0.2) is 18.2 Å². The number of benzene rings is 1. The lowest BCUT2D eigenvalue weighted by molar-refractivity contribution is -0.133. The van der Waals surface area contributed by atoms with Gasteiger partial charge in [-0.3, -0.25) is 4.79 Å². The lowest BCUT2D eigenvalue weighted by Crippen LogP contribution is -2.35. The summed E-state index contributed by atoms with van der Waals surface area (Å²) in [6.45, 7) is 1.48. The molecule has 0 spiro atoms. The van der Waals surface area contributed by atoms with Crippen LogP contribution in [0.2, 0.25) is 0 Å². The first-order valence-electron chi connectivity index (χ1n) is 4.35. The van der Waals surface area contributed by atoms with Crippen LogP contribution in [0.5, 0.6) is 0 Å². The van der Waals surface area contributed by atoms with Crippen molar-refractivity contribution in [3.05, 3.63) is 23.8 Å². The molecule has 74 valence electrons. The molecule has 4 heteroatoms. The summed E-state index contributed by atoms with van der Waals surface area (Å²) >= 11 is 0. The topological polar surface area (TPSA) is 66.6 Å². The largest absolute Gasteiger partial charge is 0.399 e. The fourth-order valence-electron chi connectivity index (χ4n) is 1.79. The lowest BCUT2D eigenvalue weighted by atomic mass is 9.97. The van der Waals surface area contributed by atoms with Gasteiger partial charge < -0.3 is 15.7 Å².